The SMILES string of the molecule is Cc1cccc(C)c1Cl.N[SH](=O)=O. The van der Waals surface area contributed by atoms with Crippen LogP contribution in [0.25, 0.3) is 0 Å². The van der Waals surface area contributed by atoms with Crippen LogP contribution in [0.1, 0.15) is 11.1 Å². The summed E-state index contributed by atoms with van der Waals surface area (Å²) in [6.07, 6.45) is 0. The molecule has 0 radical (unpaired) electrons. The highest BCUT2D eigenvalue weighted by Crippen LogP contribution is 2.18. The van der Waals surface area contributed by atoms with Crippen molar-refractivity contribution in [1.29, 1.82) is 0 Å². The van der Waals surface area contributed by atoms with E-state index in [0.29, 0.717) is 0 Å². The molecular formula is C8H12ClNO2S. The van der Waals surface area contributed by atoms with Crippen LogP contribution in [-0.4, -0.2) is 8.42 Å². The van der Waals surface area contributed by atoms with Gasteiger partial charge in [-0.3, -0.25) is 0 Å². The van der Waals surface area contributed by atoms with Crippen LogP contribution in [-0.2, 0) is 10.9 Å². The number of hydrogen-bond acceptors (Lipinski definition) is 2. The average Bonchev–Trinajstić information content (AvgIpc) is 1.99. The van der Waals surface area contributed by atoms with Gasteiger partial charge in [0.25, 0.3) is 0 Å². The van der Waals surface area contributed by atoms with Gasteiger partial charge in [-0.2, -0.15) is 0 Å². The van der Waals surface area contributed by atoms with Gasteiger partial charge in [-0.15, -0.1) is 0 Å². The van der Waals surface area contributed by atoms with Crippen LogP contribution >= 0.6 is 11.6 Å². The van der Waals surface area contributed by atoms with Crippen molar-refractivity contribution in [2.45, 2.75) is 13.8 Å². The molecule has 1 rings (SSSR count). The van der Waals surface area contributed by atoms with E-state index in [1.807, 2.05) is 32.0 Å². The van der Waals surface area contributed by atoms with Gasteiger partial charge in [0, 0.05) is 5.02 Å². The Kier molecular flexibility index (Phi) is 5.70. The van der Waals surface area contributed by atoms with E-state index in [-0.39, 0.29) is 0 Å². The smallest absolute Gasteiger partial charge is 0.198 e. The molecule has 0 spiro atoms. The van der Waals surface area contributed by atoms with Gasteiger partial charge >= 0.3 is 0 Å². The first-order chi connectivity index (χ1) is 5.95. The minimum atomic E-state index is -2.62. The molecule has 2 N–H and O–H groups in total. The van der Waals surface area contributed by atoms with Crippen molar-refractivity contribution in [1.82, 2.24) is 0 Å². The maximum atomic E-state index is 8.81. The largest absolute Gasteiger partial charge is 0.231 e. The molecule has 0 aliphatic heterocycles. The van der Waals surface area contributed by atoms with E-state index in [9.17, 15) is 0 Å². The molecular weight excluding hydrogens is 210 g/mol. The minimum absolute atomic E-state index is 0.887. The van der Waals surface area contributed by atoms with Crippen LogP contribution in [0.4, 0.5) is 0 Å². The quantitative estimate of drug-likeness (QED) is 0.652. The normalized spacial score (nSPS) is 9.31. The molecule has 0 unspecified atom stereocenters. The molecule has 0 heterocycles. The summed E-state index contributed by atoms with van der Waals surface area (Å²) in [7, 11) is -2.62. The molecule has 0 atom stereocenters. The van der Waals surface area contributed by atoms with Crippen molar-refractivity contribution in [3.05, 3.63) is 34.3 Å². The topological polar surface area (TPSA) is 60.2 Å². The van der Waals surface area contributed by atoms with Crippen LogP contribution in [0.2, 0.25) is 5.02 Å². The molecule has 1 aromatic rings. The van der Waals surface area contributed by atoms with Crippen molar-refractivity contribution in [2.75, 3.05) is 0 Å². The summed E-state index contributed by atoms with van der Waals surface area (Å²) < 4.78 is 17.6. The Hall–Kier alpha value is -0.580. The number of benzene rings is 1. The molecule has 1 aromatic carbocycles. The summed E-state index contributed by atoms with van der Waals surface area (Å²) in [5.41, 5.74) is 2.30. The number of rotatable bonds is 0. The first kappa shape index (κ1) is 12.4. The lowest BCUT2D eigenvalue weighted by atomic mass is 10.2. The molecule has 5 heteroatoms. The van der Waals surface area contributed by atoms with E-state index < -0.39 is 10.9 Å². The fourth-order valence-electron chi connectivity index (χ4n) is 0.794. The lowest BCUT2D eigenvalue weighted by molar-refractivity contribution is 0.616. The number of halogens is 1. The number of aryl methyl sites for hydroxylation is 2. The van der Waals surface area contributed by atoms with Gasteiger partial charge in [0.2, 0.25) is 0 Å². The molecule has 0 amide bonds. The summed E-state index contributed by atoms with van der Waals surface area (Å²) in [4.78, 5) is 0. The molecule has 3 nitrogen and oxygen atoms in total. The average molecular weight is 222 g/mol. The first-order valence-electron chi connectivity index (χ1n) is 3.56. The van der Waals surface area contributed by atoms with Crippen molar-refractivity contribution < 1.29 is 8.42 Å². The molecule has 0 saturated carbocycles. The molecule has 74 valence electrons. The van der Waals surface area contributed by atoms with Crippen molar-refractivity contribution >= 4 is 22.5 Å². The Balaban J connectivity index is 0.000000310. The summed E-state index contributed by atoms with van der Waals surface area (Å²) >= 11 is 5.88. The maximum Gasteiger partial charge on any atom is 0.198 e. The van der Waals surface area contributed by atoms with Crippen molar-refractivity contribution in [3.8, 4) is 0 Å². The fourth-order valence-corrected chi connectivity index (χ4v) is 0.920. The van der Waals surface area contributed by atoms with E-state index in [1.165, 1.54) is 0 Å². The van der Waals surface area contributed by atoms with E-state index in [0.717, 1.165) is 16.1 Å². The minimum Gasteiger partial charge on any atom is -0.231 e. The fraction of sp³-hybridized carbons (Fsp3) is 0.250. The molecule has 0 fully saturated rings. The predicted molar refractivity (Wildman–Crippen MR) is 55.4 cm³/mol. The van der Waals surface area contributed by atoms with Crippen LogP contribution in [0, 0.1) is 13.8 Å². The predicted octanol–water partition coefficient (Wildman–Crippen LogP) is 1.43. The van der Waals surface area contributed by atoms with E-state index in [1.54, 1.807) is 0 Å². The highest BCUT2D eigenvalue weighted by Gasteiger charge is 1.94. The highest BCUT2D eigenvalue weighted by molar-refractivity contribution is 7.69. The lowest BCUT2D eigenvalue weighted by Gasteiger charge is -1.98. The molecule has 13 heavy (non-hydrogen) atoms. The highest BCUT2D eigenvalue weighted by atomic mass is 35.5. The number of hydrogen-bond donors (Lipinski definition) is 2. The van der Waals surface area contributed by atoms with E-state index in [2.05, 4.69) is 5.14 Å². The van der Waals surface area contributed by atoms with Gasteiger partial charge in [-0.25, -0.2) is 13.6 Å². The van der Waals surface area contributed by atoms with Gasteiger partial charge in [-0.05, 0) is 25.0 Å². The Morgan fingerprint density at radius 3 is 1.77 bits per heavy atom. The first-order valence-corrected chi connectivity index (χ1v) is 5.18. The summed E-state index contributed by atoms with van der Waals surface area (Å²) in [5, 5.41) is 4.95. The Morgan fingerprint density at radius 2 is 1.54 bits per heavy atom. The van der Waals surface area contributed by atoms with Gasteiger partial charge in [0.15, 0.2) is 10.9 Å². The van der Waals surface area contributed by atoms with E-state index in [4.69, 9.17) is 20.0 Å². The molecule has 0 bridgehead atoms. The third-order valence-corrected chi connectivity index (χ3v) is 1.98. The molecule has 0 aliphatic carbocycles. The summed E-state index contributed by atoms with van der Waals surface area (Å²) in [6, 6.07) is 6.03. The second-order valence-corrected chi connectivity index (χ2v) is 3.44. The zero-order valence-corrected chi connectivity index (χ0v) is 9.10. The van der Waals surface area contributed by atoms with Gasteiger partial charge in [0.05, 0.1) is 0 Å². The van der Waals surface area contributed by atoms with Gasteiger partial charge < -0.3 is 0 Å². The summed E-state index contributed by atoms with van der Waals surface area (Å²) in [6.45, 7) is 4.02. The zero-order valence-electron chi connectivity index (χ0n) is 7.45. The second kappa shape index (κ2) is 5.96. The number of thiol groups is 1. The Morgan fingerprint density at radius 1 is 1.23 bits per heavy atom. The van der Waals surface area contributed by atoms with Crippen molar-refractivity contribution in [2.24, 2.45) is 5.14 Å². The second-order valence-electron chi connectivity index (χ2n) is 2.49. The van der Waals surface area contributed by atoms with E-state index >= 15 is 0 Å². The third kappa shape index (κ3) is 5.63. The summed E-state index contributed by atoms with van der Waals surface area (Å²) in [5.74, 6) is 0. The van der Waals surface area contributed by atoms with Crippen LogP contribution < -0.4 is 5.14 Å². The van der Waals surface area contributed by atoms with Crippen LogP contribution in [0.3, 0.4) is 0 Å². The van der Waals surface area contributed by atoms with Gasteiger partial charge in [0.1, 0.15) is 0 Å². The van der Waals surface area contributed by atoms with Crippen molar-refractivity contribution in [3.63, 3.8) is 0 Å². The van der Waals surface area contributed by atoms with Gasteiger partial charge in [-0.1, -0.05) is 29.8 Å². The lowest BCUT2D eigenvalue weighted by Crippen LogP contribution is -1.85. The number of nitrogens with two attached hydrogens (primary N) is 1. The van der Waals surface area contributed by atoms with Crippen LogP contribution in [0.15, 0.2) is 18.2 Å². The zero-order chi connectivity index (χ0) is 10.4. The standard InChI is InChI=1S/C8H9Cl.H3NO2S/c1-6-4-3-5-7(2)8(6)9;1-4(2)3/h3-5H,1-2H3;4H,(H2,1,2,3). The maximum absolute atomic E-state index is 8.81. The Bertz CT molecular complexity index is 322. The molecule has 0 aromatic heterocycles. The monoisotopic (exact) mass is 221 g/mol. The molecule has 0 aliphatic rings. The third-order valence-electron chi connectivity index (χ3n) is 1.38. The Labute approximate surface area is 84.6 Å². The van der Waals surface area contributed by atoms with Crippen LogP contribution in [0.5, 0.6) is 0 Å². The molecule has 0 saturated heterocycles.